The maximum absolute atomic E-state index is 13.2. The molecule has 1 saturated heterocycles. The van der Waals surface area contributed by atoms with E-state index < -0.39 is 41.2 Å². The van der Waals surface area contributed by atoms with Crippen LogP contribution in [0.15, 0.2) is 29.3 Å². The van der Waals surface area contributed by atoms with Crippen LogP contribution in [0.1, 0.15) is 17.7 Å². The van der Waals surface area contributed by atoms with Crippen molar-refractivity contribution < 1.29 is 27.4 Å². The van der Waals surface area contributed by atoms with Gasteiger partial charge in [-0.3, -0.25) is 4.79 Å². The number of rotatable bonds is 6. The number of halogens is 3. The van der Waals surface area contributed by atoms with Crippen LogP contribution in [-0.2, 0) is 29.3 Å². The van der Waals surface area contributed by atoms with Crippen LogP contribution in [0.5, 0.6) is 0 Å². The molecule has 1 aliphatic rings. The number of likely N-dealkylation sites (N-methyl/N-ethyl adjacent to an activating group) is 1. The molecule has 0 saturated carbocycles. The Bertz CT molecular complexity index is 1340. The van der Waals surface area contributed by atoms with E-state index in [-0.39, 0.29) is 0 Å². The van der Waals surface area contributed by atoms with Crippen LogP contribution in [0.4, 0.5) is 29.5 Å². The Hall–Kier alpha value is -3.65. The van der Waals surface area contributed by atoms with Gasteiger partial charge in [-0.25, -0.2) is 14.8 Å². The highest BCUT2D eigenvalue weighted by Gasteiger charge is 2.36. The standard InChI is InChI=1S/C23H28F3N7O4/c1-31-10-13(23(24,25)26)7-16(21(31)34)30-22(35)32(2)17-5-6-33(11-18(17)37-4)19-9-27-20-15(29-19)8-14(28-20)12-36-3/h7-10,17-18H,5-6,11-12H2,1-4H3,(H,27,28)(H,30,35)/t17-,18-/m1/s1. The smallest absolute Gasteiger partial charge is 0.378 e. The normalized spacial score (nSPS) is 18.3. The lowest BCUT2D eigenvalue weighted by Crippen LogP contribution is -2.56. The van der Waals surface area contributed by atoms with Crippen molar-refractivity contribution in [1.29, 1.82) is 0 Å². The predicted molar refractivity (Wildman–Crippen MR) is 129 cm³/mol. The van der Waals surface area contributed by atoms with Gasteiger partial charge in [-0.05, 0) is 18.6 Å². The number of methoxy groups -OCH3 is 2. The van der Waals surface area contributed by atoms with Gasteiger partial charge in [0.15, 0.2) is 5.65 Å². The Morgan fingerprint density at radius 3 is 2.76 bits per heavy atom. The Labute approximate surface area is 210 Å². The number of hydrogen-bond acceptors (Lipinski definition) is 7. The zero-order valence-electron chi connectivity index (χ0n) is 20.8. The van der Waals surface area contributed by atoms with Crippen molar-refractivity contribution in [3.63, 3.8) is 0 Å². The predicted octanol–water partition coefficient (Wildman–Crippen LogP) is 2.58. The minimum Gasteiger partial charge on any atom is -0.378 e. The molecule has 3 aromatic rings. The molecule has 200 valence electrons. The Kier molecular flexibility index (Phi) is 7.41. The number of anilines is 2. The summed E-state index contributed by atoms with van der Waals surface area (Å²) in [5, 5.41) is 2.33. The van der Waals surface area contributed by atoms with E-state index in [0.717, 1.165) is 10.3 Å². The lowest BCUT2D eigenvalue weighted by Gasteiger charge is -2.42. The summed E-state index contributed by atoms with van der Waals surface area (Å²) in [6.45, 7) is 1.34. The lowest BCUT2D eigenvalue weighted by molar-refractivity contribution is -0.138. The maximum Gasteiger partial charge on any atom is 0.417 e. The van der Waals surface area contributed by atoms with Gasteiger partial charge in [-0.2, -0.15) is 13.2 Å². The SMILES string of the molecule is COCc1cc2nc(N3CC[C@@H](N(C)C(=O)Nc4cc(C(F)(F)F)cn(C)c4=O)[C@H](OC)C3)cnc2[nH]1. The number of urea groups is 1. The summed E-state index contributed by atoms with van der Waals surface area (Å²) in [5.41, 5.74) is -0.0495. The Morgan fingerprint density at radius 1 is 1.32 bits per heavy atom. The second-order valence-corrected chi connectivity index (χ2v) is 8.86. The number of pyridine rings is 1. The fourth-order valence-electron chi connectivity index (χ4n) is 4.43. The molecule has 1 fully saturated rings. The first-order valence-corrected chi connectivity index (χ1v) is 11.4. The van der Waals surface area contributed by atoms with E-state index in [1.807, 2.05) is 11.0 Å². The summed E-state index contributed by atoms with van der Waals surface area (Å²) in [6.07, 6.45) is -2.26. The van der Waals surface area contributed by atoms with Crippen molar-refractivity contribution in [1.82, 2.24) is 24.4 Å². The Morgan fingerprint density at radius 2 is 2.08 bits per heavy atom. The molecule has 0 spiro atoms. The van der Waals surface area contributed by atoms with Crippen LogP contribution in [0.3, 0.4) is 0 Å². The molecule has 3 aromatic heterocycles. The molecule has 2 atom stereocenters. The lowest BCUT2D eigenvalue weighted by atomic mass is 10.0. The Balaban J connectivity index is 1.47. The average molecular weight is 524 g/mol. The number of fused-ring (bicyclic) bond motifs is 1. The molecule has 2 N–H and O–H groups in total. The van der Waals surface area contributed by atoms with Crippen LogP contribution < -0.4 is 15.8 Å². The van der Waals surface area contributed by atoms with Crippen LogP contribution >= 0.6 is 0 Å². The van der Waals surface area contributed by atoms with Crippen molar-refractivity contribution >= 4 is 28.7 Å². The van der Waals surface area contributed by atoms with Crippen molar-refractivity contribution in [2.45, 2.75) is 31.3 Å². The van der Waals surface area contributed by atoms with Gasteiger partial charge in [-0.15, -0.1) is 0 Å². The molecule has 11 nitrogen and oxygen atoms in total. The number of alkyl halides is 3. The molecule has 0 aliphatic carbocycles. The summed E-state index contributed by atoms with van der Waals surface area (Å²) in [5.74, 6) is 0.649. The quantitative estimate of drug-likeness (QED) is 0.510. The molecule has 0 aromatic carbocycles. The third kappa shape index (κ3) is 5.54. The number of aromatic nitrogens is 4. The third-order valence-electron chi connectivity index (χ3n) is 6.40. The number of amides is 2. The van der Waals surface area contributed by atoms with E-state index in [1.165, 1.54) is 26.1 Å². The highest BCUT2D eigenvalue weighted by Crippen LogP contribution is 2.30. The van der Waals surface area contributed by atoms with Gasteiger partial charge in [0.05, 0.1) is 30.5 Å². The first kappa shape index (κ1) is 26.4. The van der Waals surface area contributed by atoms with E-state index in [9.17, 15) is 22.8 Å². The first-order chi connectivity index (χ1) is 17.5. The molecular formula is C23H28F3N7O4. The summed E-state index contributed by atoms with van der Waals surface area (Å²) < 4.78 is 51.1. The fraction of sp³-hybridized carbons (Fsp3) is 0.478. The van der Waals surface area contributed by atoms with Crippen LogP contribution in [0.2, 0.25) is 0 Å². The summed E-state index contributed by atoms with van der Waals surface area (Å²) in [4.78, 5) is 40.9. The summed E-state index contributed by atoms with van der Waals surface area (Å²) in [6, 6.07) is 1.40. The first-order valence-electron chi connectivity index (χ1n) is 11.4. The molecule has 37 heavy (non-hydrogen) atoms. The van der Waals surface area contributed by atoms with E-state index in [1.54, 1.807) is 13.3 Å². The number of carbonyl (C=O) groups is 1. The monoisotopic (exact) mass is 523 g/mol. The zero-order valence-corrected chi connectivity index (χ0v) is 20.8. The van der Waals surface area contributed by atoms with Crippen molar-refractivity contribution in [2.75, 3.05) is 44.6 Å². The minimum absolute atomic E-state index is 0.395. The van der Waals surface area contributed by atoms with E-state index in [0.29, 0.717) is 55.4 Å². The zero-order chi connectivity index (χ0) is 26.9. The van der Waals surface area contributed by atoms with E-state index >= 15 is 0 Å². The number of hydrogen-bond donors (Lipinski definition) is 2. The highest BCUT2D eigenvalue weighted by molar-refractivity contribution is 5.89. The summed E-state index contributed by atoms with van der Waals surface area (Å²) >= 11 is 0. The van der Waals surface area contributed by atoms with Crippen LogP contribution in [-0.4, -0.2) is 77.0 Å². The van der Waals surface area contributed by atoms with Gasteiger partial charge >= 0.3 is 12.2 Å². The molecule has 4 heterocycles. The second kappa shape index (κ2) is 10.4. The number of carbonyl (C=O) groups excluding carboxylic acids is 1. The van der Waals surface area contributed by atoms with Gasteiger partial charge in [0.25, 0.3) is 5.56 Å². The van der Waals surface area contributed by atoms with E-state index in [4.69, 9.17) is 9.47 Å². The number of H-pyrrole nitrogens is 1. The highest BCUT2D eigenvalue weighted by atomic mass is 19.4. The molecule has 1 aliphatic heterocycles. The number of nitrogens with zero attached hydrogens (tertiary/aromatic N) is 5. The second-order valence-electron chi connectivity index (χ2n) is 8.86. The molecule has 0 bridgehead atoms. The minimum atomic E-state index is -4.66. The number of ether oxygens (including phenoxy) is 2. The largest absolute Gasteiger partial charge is 0.417 e. The van der Waals surface area contributed by atoms with Crippen LogP contribution in [0.25, 0.3) is 11.2 Å². The summed E-state index contributed by atoms with van der Waals surface area (Å²) in [7, 11) is 5.83. The molecule has 14 heteroatoms. The van der Waals surface area contributed by atoms with Crippen molar-refractivity contribution in [3.8, 4) is 0 Å². The number of aryl methyl sites for hydroxylation is 1. The molecule has 2 amide bonds. The molecule has 4 rings (SSSR count). The maximum atomic E-state index is 13.2. The number of aromatic amines is 1. The van der Waals surface area contributed by atoms with Gasteiger partial charge in [0.2, 0.25) is 0 Å². The number of piperidine rings is 1. The average Bonchev–Trinajstić information content (AvgIpc) is 3.27. The topological polar surface area (TPSA) is 118 Å². The molecule has 0 unspecified atom stereocenters. The van der Waals surface area contributed by atoms with E-state index in [2.05, 4.69) is 20.3 Å². The van der Waals surface area contributed by atoms with Crippen molar-refractivity contribution in [3.05, 3.63) is 46.1 Å². The molecular weight excluding hydrogens is 495 g/mol. The number of nitrogens with one attached hydrogen (secondary N) is 2. The fourth-order valence-corrected chi connectivity index (χ4v) is 4.43. The third-order valence-corrected chi connectivity index (χ3v) is 6.40. The van der Waals surface area contributed by atoms with Crippen molar-refractivity contribution in [2.24, 2.45) is 7.05 Å². The van der Waals surface area contributed by atoms with Crippen LogP contribution in [0, 0.1) is 0 Å². The van der Waals surface area contributed by atoms with Gasteiger partial charge in [0.1, 0.15) is 17.0 Å². The van der Waals surface area contributed by atoms with Gasteiger partial charge in [-0.1, -0.05) is 0 Å². The molecule has 0 radical (unpaired) electrons. The van der Waals surface area contributed by atoms with Gasteiger partial charge in [0, 0.05) is 53.3 Å². The van der Waals surface area contributed by atoms with Gasteiger partial charge < -0.3 is 34.1 Å².